The quantitative estimate of drug-likeness (QED) is 0.0435. The number of rotatable bonds is 8. The fourth-order valence-electron chi connectivity index (χ4n) is 9.38. The van der Waals surface area contributed by atoms with Crippen LogP contribution in [0.2, 0.25) is 35.7 Å². The molecule has 0 unspecified atom stereocenters. The van der Waals surface area contributed by atoms with Gasteiger partial charge in [0.05, 0.1) is 45.2 Å². The predicted molar refractivity (Wildman–Crippen MR) is 374 cm³/mol. The number of pyridine rings is 3. The summed E-state index contributed by atoms with van der Waals surface area (Å²) in [7, 11) is 0.710. The van der Waals surface area contributed by atoms with E-state index in [0.29, 0.717) is 71.6 Å². The molecule has 0 spiro atoms. The summed E-state index contributed by atoms with van der Waals surface area (Å²) in [6.07, 6.45) is -0.544. The Balaban J connectivity index is 0.000000262. The van der Waals surface area contributed by atoms with Gasteiger partial charge in [0.15, 0.2) is 0 Å². The number of nitrogens with zero attached hydrogens (tertiary/aromatic N) is 8. The molecule has 2 aliphatic rings. The van der Waals surface area contributed by atoms with E-state index < -0.39 is 11.2 Å². The molecule has 16 nitrogen and oxygen atoms in total. The van der Waals surface area contributed by atoms with Crippen LogP contribution >= 0.6 is 81.2 Å². The largest absolute Gasteiger partial charge is 0.569 e. The minimum absolute atomic E-state index is 0.0781. The lowest BCUT2D eigenvalue weighted by molar-refractivity contribution is 0.000320. The summed E-state index contributed by atoms with van der Waals surface area (Å²) in [6, 6.07) is 28.6. The Morgan fingerprint density at radius 1 is 0.582 bits per heavy atom. The van der Waals surface area contributed by atoms with Crippen molar-refractivity contribution >= 4 is 118 Å². The van der Waals surface area contributed by atoms with Crippen LogP contribution in [0.4, 0.5) is 21.0 Å². The first-order valence-electron chi connectivity index (χ1n) is 29.5. The van der Waals surface area contributed by atoms with Crippen LogP contribution in [0.15, 0.2) is 91.0 Å². The van der Waals surface area contributed by atoms with E-state index in [1.165, 1.54) is 6.07 Å². The number of benzene rings is 3. The number of ether oxygens (including phenoxy) is 2. The lowest BCUT2D eigenvalue weighted by Gasteiger charge is -2.45. The van der Waals surface area contributed by atoms with E-state index in [4.69, 9.17) is 119 Å². The fraction of sp³-hybridized carbons (Fsp3) is 0.433. The van der Waals surface area contributed by atoms with Crippen LogP contribution in [-0.4, -0.2) is 122 Å². The molecule has 1 radical (unpaired) electrons. The van der Waals surface area contributed by atoms with Crippen LogP contribution in [0.3, 0.4) is 0 Å². The summed E-state index contributed by atoms with van der Waals surface area (Å²) in [5, 5.41) is 22.5. The third-order valence-electron chi connectivity index (χ3n) is 13.9. The molecular weight excluding hydrogens is 1300 g/mol. The summed E-state index contributed by atoms with van der Waals surface area (Å²) in [6.45, 7) is 48.0. The second kappa shape index (κ2) is 35.3. The standard InChI is InChI=1S/C26H34Cl2N4O2.C15H12Cl2N2.C11H22N2O2.C9H12BO2.C6HCl3N2/c1-15(2)18-10-8-9-11-19(18)22-21(27)12-20(23(28)30-22)24(29)31-13-17(4)32(14-16(31)3)25(33)34-26(5,6)7;1-9(2)10-6-4-5-7-11(10)14-12(16)8-13(18-3)15(17)19-14;1-8-7-13(9(2)6-12-8)10(14)15-11(3,4)5;1-7(2)8-5-3-4-6-9(8)12-10-11;1-10-4-2-3(7)5(8)11-6(4)9/h8-12,15-17,29H,13-14H2,1-7H3;4-9H,1-2H3;8-9,12H,6-7H2,1-5H3;3-7,11H,1-2H3;2H/t16-,17+;;8-,9+;;/m0.0../s1. The number of amidine groups is 1. The molecule has 2 fully saturated rings. The molecule has 0 aliphatic carbocycles. The number of piperazine rings is 2. The van der Waals surface area contributed by atoms with Gasteiger partial charge in [-0.15, -0.1) is 0 Å². The molecule has 6 aromatic rings. The van der Waals surface area contributed by atoms with Gasteiger partial charge in [0.25, 0.3) is 0 Å². The van der Waals surface area contributed by atoms with Gasteiger partial charge in [-0.2, -0.15) is 0 Å². The van der Waals surface area contributed by atoms with Crippen molar-refractivity contribution in [2.75, 3.05) is 26.2 Å². The third kappa shape index (κ3) is 22.9. The molecule has 5 heterocycles. The lowest BCUT2D eigenvalue weighted by Crippen LogP contribution is -2.60. The second-order valence-electron chi connectivity index (χ2n) is 24.6. The lowest BCUT2D eigenvalue weighted by atomic mass is 9.95. The molecule has 2 aliphatic heterocycles. The molecule has 91 heavy (non-hydrogen) atoms. The maximum atomic E-state index is 12.6. The van der Waals surface area contributed by atoms with Gasteiger partial charge >= 0.3 is 19.9 Å². The van der Waals surface area contributed by atoms with E-state index in [2.05, 4.69) is 90.6 Å². The van der Waals surface area contributed by atoms with Gasteiger partial charge < -0.3 is 39.2 Å². The molecular formula is C67H81BCl7N10O6. The number of halogens is 7. The van der Waals surface area contributed by atoms with E-state index in [1.54, 1.807) is 21.9 Å². The normalized spacial score (nSPS) is 16.3. The monoisotopic (exact) mass is 1380 g/mol. The molecule has 487 valence electrons. The summed E-state index contributed by atoms with van der Waals surface area (Å²) < 4.78 is 15.8. The SMILES string of the molecule is CC(C)c1ccccc1-c1nc(Cl)c(C(=N)N2C[C@@H](C)N(C(=O)OC(C)(C)C)C[C@@H]2C)cc1Cl.CC(C)c1ccccc1O[B]O.C[C@@H]1CN[C@@H](C)CN1C(=O)OC(C)(C)C.[C-]#[N+]c1cc(Cl)c(-c2ccccc2C(C)C)nc1Cl.[C-]#[N+]c1cc(Cl)c(Cl)nc1Cl. The van der Waals surface area contributed by atoms with Gasteiger partial charge in [-0.25, -0.2) is 34.2 Å². The highest BCUT2D eigenvalue weighted by atomic mass is 35.5. The second-order valence-corrected chi connectivity index (χ2v) is 27.3. The molecule has 3 aromatic carbocycles. The van der Waals surface area contributed by atoms with Crippen LogP contribution in [0.1, 0.15) is 151 Å². The molecule has 3 aromatic heterocycles. The average molecular weight is 1380 g/mol. The van der Waals surface area contributed by atoms with E-state index in [9.17, 15) is 9.59 Å². The minimum Gasteiger partial charge on any atom is -0.537 e. The minimum atomic E-state index is -0.560. The molecule has 3 N–H and O–H groups in total. The van der Waals surface area contributed by atoms with Crippen molar-refractivity contribution in [1.82, 2.24) is 35.0 Å². The molecule has 2 saturated heterocycles. The van der Waals surface area contributed by atoms with Crippen molar-refractivity contribution in [3.8, 4) is 28.3 Å². The van der Waals surface area contributed by atoms with Crippen LogP contribution in [-0.2, 0) is 9.47 Å². The zero-order valence-electron chi connectivity index (χ0n) is 54.3. The van der Waals surface area contributed by atoms with Gasteiger partial charge in [-0.05, 0) is 128 Å². The fourth-order valence-corrected chi connectivity index (χ4v) is 10.8. The van der Waals surface area contributed by atoms with Crippen LogP contribution in [0, 0.1) is 18.6 Å². The van der Waals surface area contributed by atoms with Crippen molar-refractivity contribution in [3.63, 3.8) is 0 Å². The maximum absolute atomic E-state index is 12.6. The van der Waals surface area contributed by atoms with E-state index >= 15 is 0 Å². The first kappa shape index (κ1) is 77.4. The number of amides is 2. The molecule has 8 rings (SSSR count). The maximum Gasteiger partial charge on any atom is 0.569 e. The topological polar surface area (TPSA) is 175 Å². The number of aromatic nitrogens is 3. The number of carbonyl (C=O) groups excluding carboxylic acids is 2. The summed E-state index contributed by atoms with van der Waals surface area (Å²) in [5.41, 5.74) is 6.52. The highest BCUT2D eigenvalue weighted by molar-refractivity contribution is 6.42. The average Bonchev–Trinajstić information content (AvgIpc) is 0.860. The van der Waals surface area contributed by atoms with Crippen LogP contribution in [0.25, 0.3) is 32.2 Å². The third-order valence-corrected chi connectivity index (χ3v) is 16.0. The summed E-state index contributed by atoms with van der Waals surface area (Å²) in [5.74, 6) is 2.02. The van der Waals surface area contributed by atoms with E-state index in [0.717, 1.165) is 46.7 Å². The van der Waals surface area contributed by atoms with Crippen molar-refractivity contribution in [1.29, 1.82) is 5.41 Å². The predicted octanol–water partition coefficient (Wildman–Crippen LogP) is 19.5. The van der Waals surface area contributed by atoms with E-state index in [-0.39, 0.29) is 73.2 Å². The zero-order chi connectivity index (χ0) is 68.4. The van der Waals surface area contributed by atoms with Gasteiger partial charge in [0.1, 0.15) is 43.4 Å². The van der Waals surface area contributed by atoms with Crippen LogP contribution in [0.5, 0.6) is 5.75 Å². The highest BCUT2D eigenvalue weighted by Gasteiger charge is 2.37. The van der Waals surface area contributed by atoms with Crippen molar-refractivity contribution in [2.24, 2.45) is 0 Å². The smallest absolute Gasteiger partial charge is 0.537 e. The van der Waals surface area contributed by atoms with Gasteiger partial charge in [0, 0.05) is 61.5 Å². The van der Waals surface area contributed by atoms with Gasteiger partial charge in [-0.1, -0.05) is 189 Å². The van der Waals surface area contributed by atoms with Gasteiger partial charge in [-0.3, -0.25) is 5.41 Å². The number of hydrogen-bond donors (Lipinski definition) is 3. The zero-order valence-corrected chi connectivity index (χ0v) is 59.6. The Labute approximate surface area is 573 Å². The first-order valence-corrected chi connectivity index (χ1v) is 32.2. The number of carbonyl (C=O) groups is 2. The summed E-state index contributed by atoms with van der Waals surface area (Å²) >= 11 is 42.1. The molecule has 2 amide bonds. The highest BCUT2D eigenvalue weighted by Crippen LogP contribution is 2.39. The van der Waals surface area contributed by atoms with Crippen molar-refractivity contribution < 1.29 is 28.7 Å². The summed E-state index contributed by atoms with van der Waals surface area (Å²) in [4.78, 5) is 48.8. The Morgan fingerprint density at radius 2 is 0.989 bits per heavy atom. The number of para-hydroxylation sites is 1. The van der Waals surface area contributed by atoms with Crippen LogP contribution < -0.4 is 9.97 Å². The Bertz CT molecular complexity index is 3550. The molecule has 4 atom stereocenters. The van der Waals surface area contributed by atoms with Crippen molar-refractivity contribution in [3.05, 3.63) is 172 Å². The Morgan fingerprint density at radius 3 is 1.46 bits per heavy atom. The number of nitrogens with one attached hydrogen (secondary N) is 2. The Hall–Kier alpha value is -6.09. The van der Waals surface area contributed by atoms with Crippen molar-refractivity contribution in [2.45, 2.75) is 164 Å². The van der Waals surface area contributed by atoms with Gasteiger partial charge in [0.2, 0.25) is 11.4 Å². The molecule has 0 bridgehead atoms. The first-order chi connectivity index (χ1) is 42.5. The molecule has 24 heteroatoms. The Kier molecular flexibility index (Phi) is 30.0. The van der Waals surface area contributed by atoms with E-state index in [1.807, 2.05) is 128 Å². The number of hydrogen-bond acceptors (Lipinski definition) is 11. The molecule has 0 saturated carbocycles.